The van der Waals surface area contributed by atoms with Crippen LogP contribution in [0.1, 0.15) is 105 Å². The Bertz CT molecular complexity index is 691. The summed E-state index contributed by atoms with van der Waals surface area (Å²) in [7, 11) is 0. The predicted octanol–water partition coefficient (Wildman–Crippen LogP) is 6.50. The number of fused-ring (bicyclic) bond motifs is 5. The normalized spacial score (nSPS) is 50.1. The van der Waals surface area contributed by atoms with E-state index < -0.39 is 5.60 Å². The van der Waals surface area contributed by atoms with Crippen LogP contribution in [0.15, 0.2) is 11.6 Å². The van der Waals surface area contributed by atoms with E-state index in [-0.39, 0.29) is 6.10 Å². The molecule has 0 bridgehead atoms. The first-order valence-electron chi connectivity index (χ1n) is 13.2. The van der Waals surface area contributed by atoms with E-state index in [1.165, 1.54) is 57.8 Å². The van der Waals surface area contributed by atoms with Gasteiger partial charge in [-0.15, -0.1) is 0 Å². The minimum absolute atomic E-state index is 0.0291. The van der Waals surface area contributed by atoms with Crippen LogP contribution in [0.2, 0.25) is 0 Å². The molecule has 0 aromatic carbocycles. The van der Waals surface area contributed by atoms with Crippen molar-refractivity contribution < 1.29 is 10.2 Å². The van der Waals surface area contributed by atoms with Gasteiger partial charge in [-0.05, 0) is 130 Å². The largest absolute Gasteiger partial charge is 0.393 e. The molecule has 0 heterocycles. The number of allylic oxidation sites excluding steroid dienone is 1. The Kier molecular flexibility index (Phi) is 5.26. The topological polar surface area (TPSA) is 40.5 Å². The van der Waals surface area contributed by atoms with Crippen molar-refractivity contribution in [2.45, 2.75) is 116 Å². The molecule has 9 atom stereocenters. The zero-order chi connectivity index (χ0) is 21.3. The van der Waals surface area contributed by atoms with Gasteiger partial charge in [0.15, 0.2) is 0 Å². The molecule has 0 spiro atoms. The number of rotatable bonds is 5. The van der Waals surface area contributed by atoms with E-state index >= 15 is 0 Å². The summed E-state index contributed by atoms with van der Waals surface area (Å²) in [5.41, 5.74) is 1.94. The van der Waals surface area contributed by atoms with Gasteiger partial charge in [0.25, 0.3) is 0 Å². The maximum atomic E-state index is 10.7. The molecule has 5 rings (SSSR count). The summed E-state index contributed by atoms with van der Waals surface area (Å²) in [6.07, 6.45) is 17.2. The van der Waals surface area contributed by atoms with Crippen molar-refractivity contribution in [1.29, 1.82) is 0 Å². The molecule has 170 valence electrons. The van der Waals surface area contributed by atoms with Gasteiger partial charge in [0.2, 0.25) is 0 Å². The minimum Gasteiger partial charge on any atom is -0.393 e. The molecule has 0 amide bonds. The fourth-order valence-corrected chi connectivity index (χ4v) is 9.13. The average molecular weight is 415 g/mol. The van der Waals surface area contributed by atoms with Crippen LogP contribution in [0.5, 0.6) is 0 Å². The van der Waals surface area contributed by atoms with E-state index in [2.05, 4.69) is 26.8 Å². The molecular formula is C28H46O2. The van der Waals surface area contributed by atoms with Crippen molar-refractivity contribution in [3.8, 4) is 0 Å². The number of hydrogen-bond donors (Lipinski definition) is 2. The maximum absolute atomic E-state index is 10.7. The summed E-state index contributed by atoms with van der Waals surface area (Å²) >= 11 is 0. The van der Waals surface area contributed by atoms with Crippen LogP contribution in [0.25, 0.3) is 0 Å². The molecule has 5 aliphatic carbocycles. The van der Waals surface area contributed by atoms with Crippen LogP contribution in [-0.4, -0.2) is 21.9 Å². The van der Waals surface area contributed by atoms with Gasteiger partial charge in [0, 0.05) is 0 Å². The lowest BCUT2D eigenvalue weighted by molar-refractivity contribution is -0.0709. The van der Waals surface area contributed by atoms with Gasteiger partial charge < -0.3 is 10.2 Å². The smallest absolute Gasteiger partial charge is 0.0657 e. The van der Waals surface area contributed by atoms with E-state index in [0.29, 0.717) is 16.7 Å². The Morgan fingerprint density at radius 2 is 1.73 bits per heavy atom. The summed E-state index contributed by atoms with van der Waals surface area (Å²) in [5.74, 6) is 4.79. The van der Waals surface area contributed by atoms with Crippen LogP contribution in [0, 0.1) is 46.3 Å². The quantitative estimate of drug-likeness (QED) is 0.504. The molecule has 4 fully saturated rings. The first-order chi connectivity index (χ1) is 14.1. The number of hydrogen-bond acceptors (Lipinski definition) is 2. The lowest BCUT2D eigenvalue weighted by Gasteiger charge is -2.59. The summed E-state index contributed by atoms with van der Waals surface area (Å²) in [5, 5.41) is 21.1. The molecule has 30 heavy (non-hydrogen) atoms. The van der Waals surface area contributed by atoms with Crippen LogP contribution in [0.4, 0.5) is 0 Å². The monoisotopic (exact) mass is 414 g/mol. The molecule has 0 aromatic heterocycles. The van der Waals surface area contributed by atoms with Crippen LogP contribution < -0.4 is 0 Å². The zero-order valence-corrected chi connectivity index (χ0v) is 20.0. The lowest BCUT2D eigenvalue weighted by atomic mass is 9.46. The van der Waals surface area contributed by atoms with Gasteiger partial charge in [-0.25, -0.2) is 0 Å². The van der Waals surface area contributed by atoms with Crippen molar-refractivity contribution in [3.63, 3.8) is 0 Å². The van der Waals surface area contributed by atoms with Crippen molar-refractivity contribution in [3.05, 3.63) is 11.6 Å². The van der Waals surface area contributed by atoms with Gasteiger partial charge in [-0.1, -0.05) is 32.4 Å². The summed E-state index contributed by atoms with van der Waals surface area (Å²) in [4.78, 5) is 0. The van der Waals surface area contributed by atoms with Crippen LogP contribution in [0.3, 0.4) is 0 Å². The second-order valence-corrected chi connectivity index (χ2v) is 13.1. The molecule has 0 saturated heterocycles. The molecule has 0 unspecified atom stereocenters. The maximum Gasteiger partial charge on any atom is 0.0657 e. The third kappa shape index (κ3) is 3.43. The number of aliphatic hydroxyl groups excluding tert-OH is 1. The molecule has 2 N–H and O–H groups in total. The van der Waals surface area contributed by atoms with E-state index in [9.17, 15) is 10.2 Å². The summed E-state index contributed by atoms with van der Waals surface area (Å²) < 4.78 is 0. The van der Waals surface area contributed by atoms with Gasteiger partial charge in [-0.3, -0.25) is 0 Å². The first-order valence-corrected chi connectivity index (χ1v) is 13.2. The van der Waals surface area contributed by atoms with E-state index in [0.717, 1.165) is 48.9 Å². The molecule has 5 aliphatic rings. The third-order valence-corrected chi connectivity index (χ3v) is 11.2. The molecule has 0 aliphatic heterocycles. The van der Waals surface area contributed by atoms with Crippen molar-refractivity contribution in [2.75, 3.05) is 0 Å². The lowest BCUT2D eigenvalue weighted by Crippen LogP contribution is -2.52. The molecule has 0 radical (unpaired) electrons. The molecule has 2 nitrogen and oxygen atoms in total. The van der Waals surface area contributed by atoms with Gasteiger partial charge >= 0.3 is 0 Å². The minimum atomic E-state index is -0.486. The average Bonchev–Trinajstić information content (AvgIpc) is 3.48. The van der Waals surface area contributed by atoms with E-state index in [1.54, 1.807) is 5.57 Å². The van der Waals surface area contributed by atoms with Gasteiger partial charge in [0.1, 0.15) is 0 Å². The highest BCUT2D eigenvalue weighted by molar-refractivity contribution is 5.26. The van der Waals surface area contributed by atoms with Gasteiger partial charge in [-0.2, -0.15) is 0 Å². The third-order valence-electron chi connectivity index (χ3n) is 11.2. The Balaban J connectivity index is 1.31. The Labute approximate surface area is 184 Å². The van der Waals surface area contributed by atoms with Crippen molar-refractivity contribution in [2.24, 2.45) is 46.3 Å². The highest BCUT2D eigenvalue weighted by Crippen LogP contribution is 2.67. The summed E-state index contributed by atoms with van der Waals surface area (Å²) in [6.45, 7) is 9.72. The Morgan fingerprint density at radius 1 is 0.967 bits per heavy atom. The van der Waals surface area contributed by atoms with Crippen LogP contribution in [-0.2, 0) is 0 Å². The standard InChI is InChI=1S/C28H46O2/c1-18(5-12-25(29)19-6-7-19)22-10-11-23-21-9-8-20-17-26(2,30)15-16-27(20,3)24(21)13-14-28(22,23)4/h8,18-19,21-25,29-30H,5-7,9-17H2,1-4H3/t18-,21+,22-,23+,24+,25+,26+,27+,28-/m1/s1. The molecule has 4 saturated carbocycles. The fourth-order valence-electron chi connectivity index (χ4n) is 9.13. The Hall–Kier alpha value is -0.340. The Morgan fingerprint density at radius 3 is 2.47 bits per heavy atom. The second kappa shape index (κ2) is 7.34. The molecule has 2 heteroatoms. The van der Waals surface area contributed by atoms with E-state index in [1.807, 2.05) is 6.92 Å². The second-order valence-electron chi connectivity index (χ2n) is 13.1. The van der Waals surface area contributed by atoms with E-state index in [4.69, 9.17) is 0 Å². The highest BCUT2D eigenvalue weighted by Gasteiger charge is 2.59. The number of aliphatic hydroxyl groups is 2. The van der Waals surface area contributed by atoms with Crippen LogP contribution >= 0.6 is 0 Å². The zero-order valence-electron chi connectivity index (χ0n) is 20.0. The van der Waals surface area contributed by atoms with Crippen molar-refractivity contribution >= 4 is 0 Å². The molecule has 0 aromatic rings. The molecular weight excluding hydrogens is 368 g/mol. The van der Waals surface area contributed by atoms with Crippen molar-refractivity contribution in [1.82, 2.24) is 0 Å². The summed E-state index contributed by atoms with van der Waals surface area (Å²) in [6, 6.07) is 0. The predicted molar refractivity (Wildman–Crippen MR) is 123 cm³/mol. The fraction of sp³-hybridized carbons (Fsp3) is 0.929. The highest BCUT2D eigenvalue weighted by atomic mass is 16.3. The SMILES string of the molecule is C[C@H](CC[C@H](O)C1CC1)[C@H]1CC[C@H]2[C@@H]3CC=C4C[C@@](C)(O)CC[C@]4(C)[C@H]3CC[C@]12C. The first kappa shape index (κ1) is 21.5. The van der Waals surface area contributed by atoms with Gasteiger partial charge in [0.05, 0.1) is 11.7 Å².